The maximum absolute atomic E-state index is 11.2. The fourth-order valence-corrected chi connectivity index (χ4v) is 0.0732. The van der Waals surface area contributed by atoms with Crippen LogP contribution in [0.2, 0.25) is 0 Å². The molecule has 0 fully saturated rings. The van der Waals surface area contributed by atoms with E-state index in [1.54, 1.807) is 0 Å². The van der Waals surface area contributed by atoms with E-state index in [9.17, 15) is 21.8 Å². The second-order valence-corrected chi connectivity index (χ2v) is 1.33. The topological polar surface area (TPSA) is 23.8 Å². The van der Waals surface area contributed by atoms with Crippen molar-refractivity contribution in [3.63, 3.8) is 0 Å². The van der Waals surface area contributed by atoms with E-state index < -0.39 is 12.8 Å². The molecule has 0 unspecified atom stereocenters. The molecule has 0 aromatic rings. The molecule has 0 rings (SSSR count). The van der Waals surface area contributed by atoms with Crippen LogP contribution in [0.4, 0.5) is 21.8 Å². The van der Waals surface area contributed by atoms with Gasteiger partial charge in [-0.1, -0.05) is 5.97 Å². The quantitative estimate of drug-likeness (QED) is 0.319. The Labute approximate surface area is 75.5 Å². The molecule has 8 heteroatoms. The van der Waals surface area contributed by atoms with Crippen LogP contribution in [0.15, 0.2) is 0 Å². The van der Waals surface area contributed by atoms with Gasteiger partial charge in [0.1, 0.15) is 0 Å². The largest absolute Gasteiger partial charge is 1.00 e. The summed E-state index contributed by atoms with van der Waals surface area (Å²) in [6.07, 6.45) is -5.69. The molecular formula is C2BF5NNa. The van der Waals surface area contributed by atoms with Crippen molar-refractivity contribution in [1.29, 1.82) is 5.26 Å². The third kappa shape index (κ3) is 2.86. The molecule has 0 aromatic heterocycles. The predicted octanol–water partition coefficient (Wildman–Crippen LogP) is -1.46. The van der Waals surface area contributed by atoms with E-state index in [0.29, 0.717) is 0 Å². The zero-order chi connectivity index (χ0) is 7.71. The molecule has 0 aliphatic carbocycles. The fourth-order valence-electron chi connectivity index (χ4n) is 0.0732. The summed E-state index contributed by atoms with van der Waals surface area (Å²) in [5, 5.41) is 7.24. The minimum absolute atomic E-state index is 0. The molecule has 0 radical (unpaired) electrons. The summed E-state index contributed by atoms with van der Waals surface area (Å²) in [6.45, 7) is -5.83. The van der Waals surface area contributed by atoms with Gasteiger partial charge in [-0.2, -0.15) is 0 Å². The second kappa shape index (κ2) is 3.55. The average molecular weight is 167 g/mol. The Morgan fingerprint density at radius 2 is 1.50 bits per heavy atom. The first-order valence-corrected chi connectivity index (χ1v) is 1.80. The Kier molecular flexibility index (Phi) is 4.56. The van der Waals surface area contributed by atoms with Crippen LogP contribution in [-0.2, 0) is 0 Å². The fraction of sp³-hybridized carbons (Fsp3) is 0.500. The Bertz CT molecular complexity index is 147. The summed E-state index contributed by atoms with van der Waals surface area (Å²) < 4.78 is 55.1. The normalized spacial score (nSPS) is 11.6. The number of hydrogen-bond acceptors (Lipinski definition) is 1. The van der Waals surface area contributed by atoms with Gasteiger partial charge < -0.3 is 8.63 Å². The van der Waals surface area contributed by atoms with Gasteiger partial charge in [-0.25, -0.2) is 18.4 Å². The van der Waals surface area contributed by atoms with E-state index in [-0.39, 0.29) is 35.5 Å². The van der Waals surface area contributed by atoms with Gasteiger partial charge in [-0.15, -0.1) is 0 Å². The predicted molar refractivity (Wildman–Crippen MR) is 19.6 cm³/mol. The summed E-state index contributed by atoms with van der Waals surface area (Å²) in [5.74, 6) is -0.115. The first-order valence-electron chi connectivity index (χ1n) is 1.80. The first kappa shape index (κ1) is 12.8. The maximum atomic E-state index is 11.2. The molecule has 10 heavy (non-hydrogen) atoms. The third-order valence-electron chi connectivity index (χ3n) is 0.573. The van der Waals surface area contributed by atoms with E-state index in [1.165, 1.54) is 0 Å². The molecule has 0 amide bonds. The number of alkyl halides is 3. The molecule has 0 saturated carbocycles. The number of nitriles is 1. The van der Waals surface area contributed by atoms with Gasteiger partial charge in [0.05, 0.1) is 0 Å². The zero-order valence-electron chi connectivity index (χ0n) is 4.91. The average Bonchev–Trinajstić information content (AvgIpc) is 1.64. The molecule has 0 aliphatic rings. The Morgan fingerprint density at radius 1 is 1.20 bits per heavy atom. The van der Waals surface area contributed by atoms with Crippen molar-refractivity contribution >= 4 is 6.70 Å². The maximum Gasteiger partial charge on any atom is 1.00 e. The number of halogens is 5. The van der Waals surface area contributed by atoms with Crippen LogP contribution < -0.4 is 29.6 Å². The second-order valence-electron chi connectivity index (χ2n) is 1.33. The van der Waals surface area contributed by atoms with Crippen molar-refractivity contribution in [2.75, 3.05) is 0 Å². The van der Waals surface area contributed by atoms with Gasteiger partial charge in [-0.05, 0) is 0 Å². The van der Waals surface area contributed by atoms with Gasteiger partial charge in [0.15, 0.2) is 0 Å². The van der Waals surface area contributed by atoms with Crippen LogP contribution in [0, 0.1) is 11.2 Å². The Hall–Kier alpha value is 0.205. The first-order chi connectivity index (χ1) is 3.81. The third-order valence-corrected chi connectivity index (χ3v) is 0.573. The van der Waals surface area contributed by atoms with Crippen LogP contribution in [0.3, 0.4) is 0 Å². The smallest absolute Gasteiger partial charge is 0.459 e. The molecule has 0 aromatic carbocycles. The van der Waals surface area contributed by atoms with Crippen molar-refractivity contribution in [2.45, 2.75) is 6.08 Å². The molecule has 0 spiro atoms. The SMILES string of the molecule is N#C[B-](F)(F)C(F)(F)F.[Na+]. The molecule has 0 bridgehead atoms. The molecule has 0 heterocycles. The van der Waals surface area contributed by atoms with Crippen LogP contribution in [0.1, 0.15) is 0 Å². The van der Waals surface area contributed by atoms with E-state index in [4.69, 9.17) is 5.26 Å². The minimum Gasteiger partial charge on any atom is -0.459 e. The number of hydrogen-bond donors (Lipinski definition) is 0. The Balaban J connectivity index is 0. The van der Waals surface area contributed by atoms with Crippen LogP contribution in [0.5, 0.6) is 0 Å². The summed E-state index contributed by atoms with van der Waals surface area (Å²) in [6, 6.07) is 0. The summed E-state index contributed by atoms with van der Waals surface area (Å²) in [4.78, 5) is 0. The van der Waals surface area contributed by atoms with Crippen molar-refractivity contribution in [3.8, 4) is 5.97 Å². The van der Waals surface area contributed by atoms with Crippen LogP contribution >= 0.6 is 0 Å². The minimum atomic E-state index is -5.83. The van der Waals surface area contributed by atoms with Gasteiger partial charge in [0, 0.05) is 0 Å². The summed E-state index contributed by atoms with van der Waals surface area (Å²) >= 11 is 0. The molecule has 0 atom stereocenters. The van der Waals surface area contributed by atoms with Gasteiger partial charge in [-0.3, -0.25) is 0 Å². The van der Waals surface area contributed by atoms with E-state index in [1.807, 2.05) is 0 Å². The summed E-state index contributed by atoms with van der Waals surface area (Å²) in [7, 11) is 0. The van der Waals surface area contributed by atoms with Crippen molar-refractivity contribution in [1.82, 2.24) is 0 Å². The molecular weight excluding hydrogens is 167 g/mol. The van der Waals surface area contributed by atoms with Crippen molar-refractivity contribution in [2.24, 2.45) is 0 Å². The number of rotatable bonds is 0. The van der Waals surface area contributed by atoms with Crippen LogP contribution in [0.25, 0.3) is 0 Å². The van der Waals surface area contributed by atoms with E-state index in [2.05, 4.69) is 0 Å². The van der Waals surface area contributed by atoms with Gasteiger partial charge in [0.2, 0.25) is 0 Å². The zero-order valence-corrected chi connectivity index (χ0v) is 6.91. The van der Waals surface area contributed by atoms with Crippen molar-refractivity contribution in [3.05, 3.63) is 0 Å². The van der Waals surface area contributed by atoms with E-state index in [0.717, 1.165) is 0 Å². The Morgan fingerprint density at radius 3 is 1.50 bits per heavy atom. The van der Waals surface area contributed by atoms with E-state index >= 15 is 0 Å². The molecule has 52 valence electrons. The molecule has 0 saturated heterocycles. The monoisotopic (exact) mass is 167 g/mol. The number of nitrogens with zero attached hydrogens (tertiary/aromatic N) is 1. The molecule has 0 aliphatic heterocycles. The van der Waals surface area contributed by atoms with Gasteiger partial charge in [0.25, 0.3) is 0 Å². The molecule has 1 nitrogen and oxygen atoms in total. The van der Waals surface area contributed by atoms with Crippen LogP contribution in [-0.4, -0.2) is 12.8 Å². The summed E-state index contributed by atoms with van der Waals surface area (Å²) in [5.41, 5.74) is 0. The standard InChI is InChI=1S/C2BF5N.Na/c4-2(5,6)3(7,8)1-9;/q-1;+1. The van der Waals surface area contributed by atoms with Gasteiger partial charge >= 0.3 is 42.3 Å². The van der Waals surface area contributed by atoms with Crippen molar-refractivity contribution < 1.29 is 51.4 Å². The molecule has 0 N–H and O–H groups in total.